The number of fused-ring (bicyclic) bond motifs is 1. The maximum absolute atomic E-state index is 10.7. The van der Waals surface area contributed by atoms with Gasteiger partial charge in [-0.25, -0.2) is 0 Å². The highest BCUT2D eigenvalue weighted by atomic mass is 16.6. The lowest BCUT2D eigenvalue weighted by Gasteiger charge is -2.00. The number of rotatable bonds is 1. The van der Waals surface area contributed by atoms with Crippen LogP contribution in [0, 0.1) is 24.0 Å². The van der Waals surface area contributed by atoms with Crippen LogP contribution < -0.4 is 0 Å². The van der Waals surface area contributed by atoms with Crippen molar-refractivity contribution in [2.45, 2.75) is 13.8 Å². The zero-order valence-corrected chi connectivity index (χ0v) is 8.02. The number of pyridine rings is 1. The summed E-state index contributed by atoms with van der Waals surface area (Å²) in [6.45, 7) is 3.85. The summed E-state index contributed by atoms with van der Waals surface area (Å²) in [5, 5.41) is 10.7. The van der Waals surface area contributed by atoms with Crippen molar-refractivity contribution in [3.63, 3.8) is 0 Å². The lowest BCUT2D eigenvalue weighted by atomic mass is 10.3. The number of nitrogens with zero attached hydrogens (tertiary/aromatic N) is 2. The minimum Gasteiger partial charge on any atom is -0.315 e. The molecule has 0 radical (unpaired) electrons. The Labute approximate surface area is 80.9 Å². The fraction of sp³-hybridized carbons (Fsp3) is 0.200. The summed E-state index contributed by atoms with van der Waals surface area (Å²) in [5.41, 5.74) is 2.84. The van der Waals surface area contributed by atoms with Gasteiger partial charge in [0.25, 0.3) is 5.69 Å². The van der Waals surface area contributed by atoms with E-state index in [1.807, 2.05) is 30.5 Å². The Hall–Kier alpha value is -1.84. The molecule has 0 fully saturated rings. The first-order valence-corrected chi connectivity index (χ1v) is 4.32. The SMILES string of the molecule is Cc1cc2c([N+](=O)[O-])ccc(C)n2c1. The van der Waals surface area contributed by atoms with E-state index >= 15 is 0 Å². The molecule has 0 atom stereocenters. The van der Waals surface area contributed by atoms with E-state index in [0.717, 1.165) is 11.3 Å². The smallest absolute Gasteiger partial charge is 0.293 e. The second-order valence-electron chi connectivity index (χ2n) is 3.39. The summed E-state index contributed by atoms with van der Waals surface area (Å²) in [5.74, 6) is 0. The van der Waals surface area contributed by atoms with Crippen molar-refractivity contribution in [3.05, 3.63) is 45.8 Å². The highest BCUT2D eigenvalue weighted by Gasteiger charge is 2.13. The summed E-state index contributed by atoms with van der Waals surface area (Å²) >= 11 is 0. The lowest BCUT2D eigenvalue weighted by Crippen LogP contribution is -1.94. The third-order valence-corrected chi connectivity index (χ3v) is 2.28. The summed E-state index contributed by atoms with van der Waals surface area (Å²) in [6, 6.07) is 5.12. The van der Waals surface area contributed by atoms with Crippen LogP contribution in [0.4, 0.5) is 5.69 Å². The van der Waals surface area contributed by atoms with Crippen molar-refractivity contribution in [2.75, 3.05) is 0 Å². The molecular weight excluding hydrogens is 180 g/mol. The van der Waals surface area contributed by atoms with Gasteiger partial charge in [0, 0.05) is 18.0 Å². The van der Waals surface area contributed by atoms with Crippen LogP contribution in [0.5, 0.6) is 0 Å². The molecule has 0 aliphatic heterocycles. The van der Waals surface area contributed by atoms with Crippen molar-refractivity contribution in [1.29, 1.82) is 0 Å². The molecule has 72 valence electrons. The van der Waals surface area contributed by atoms with E-state index in [0.29, 0.717) is 5.52 Å². The molecule has 0 amide bonds. The topological polar surface area (TPSA) is 47.5 Å². The molecule has 0 saturated heterocycles. The van der Waals surface area contributed by atoms with E-state index in [4.69, 9.17) is 0 Å². The number of aromatic nitrogens is 1. The van der Waals surface area contributed by atoms with Gasteiger partial charge in [-0.2, -0.15) is 0 Å². The standard InChI is InChI=1S/C10H10N2O2/c1-7-5-10-9(12(13)14)4-3-8(2)11(10)6-7/h3-6H,1-2H3. The predicted octanol–water partition coefficient (Wildman–Crippen LogP) is 2.46. The molecule has 0 unspecified atom stereocenters. The summed E-state index contributed by atoms with van der Waals surface area (Å²) in [6.07, 6.45) is 1.90. The van der Waals surface area contributed by atoms with E-state index in [1.165, 1.54) is 0 Å². The average Bonchev–Trinajstić information content (AvgIpc) is 2.47. The molecule has 2 aromatic heterocycles. The van der Waals surface area contributed by atoms with Crippen LogP contribution in [-0.2, 0) is 0 Å². The van der Waals surface area contributed by atoms with Gasteiger partial charge in [-0.15, -0.1) is 0 Å². The van der Waals surface area contributed by atoms with Gasteiger partial charge in [0.15, 0.2) is 0 Å². The fourth-order valence-corrected chi connectivity index (χ4v) is 1.60. The molecule has 2 rings (SSSR count). The minimum atomic E-state index is -0.353. The van der Waals surface area contributed by atoms with Crippen LogP contribution >= 0.6 is 0 Å². The highest BCUT2D eigenvalue weighted by molar-refractivity contribution is 5.67. The van der Waals surface area contributed by atoms with Gasteiger partial charge in [-0.3, -0.25) is 10.1 Å². The molecular formula is C10H10N2O2. The van der Waals surface area contributed by atoms with E-state index < -0.39 is 0 Å². The summed E-state index contributed by atoms with van der Waals surface area (Å²) in [7, 11) is 0. The van der Waals surface area contributed by atoms with Gasteiger partial charge in [0.2, 0.25) is 0 Å². The zero-order chi connectivity index (χ0) is 10.3. The zero-order valence-electron chi connectivity index (χ0n) is 8.02. The lowest BCUT2D eigenvalue weighted by molar-refractivity contribution is -0.383. The number of aryl methyl sites for hydroxylation is 2. The highest BCUT2D eigenvalue weighted by Crippen LogP contribution is 2.23. The molecule has 0 saturated carbocycles. The van der Waals surface area contributed by atoms with Crippen LogP contribution in [0.25, 0.3) is 5.52 Å². The van der Waals surface area contributed by atoms with Gasteiger partial charge < -0.3 is 4.40 Å². The van der Waals surface area contributed by atoms with Crippen LogP contribution in [0.2, 0.25) is 0 Å². The van der Waals surface area contributed by atoms with Crippen LogP contribution in [-0.4, -0.2) is 9.32 Å². The molecule has 4 nitrogen and oxygen atoms in total. The molecule has 0 bridgehead atoms. The van der Waals surface area contributed by atoms with E-state index in [9.17, 15) is 10.1 Å². The normalized spacial score (nSPS) is 10.7. The monoisotopic (exact) mass is 190 g/mol. The van der Waals surface area contributed by atoms with E-state index in [-0.39, 0.29) is 10.6 Å². The Kier molecular flexibility index (Phi) is 1.77. The van der Waals surface area contributed by atoms with Gasteiger partial charge in [-0.1, -0.05) is 0 Å². The molecule has 14 heavy (non-hydrogen) atoms. The molecule has 4 heteroatoms. The second kappa shape index (κ2) is 2.83. The Morgan fingerprint density at radius 3 is 2.71 bits per heavy atom. The fourth-order valence-electron chi connectivity index (χ4n) is 1.60. The first-order valence-electron chi connectivity index (χ1n) is 4.32. The molecule has 0 spiro atoms. The molecule has 0 aliphatic carbocycles. The average molecular weight is 190 g/mol. The quantitative estimate of drug-likeness (QED) is 0.512. The first-order chi connectivity index (χ1) is 6.59. The maximum atomic E-state index is 10.7. The maximum Gasteiger partial charge on any atom is 0.293 e. The third kappa shape index (κ3) is 1.16. The van der Waals surface area contributed by atoms with Gasteiger partial charge in [-0.05, 0) is 31.5 Å². The van der Waals surface area contributed by atoms with Crippen molar-refractivity contribution >= 4 is 11.2 Å². The molecule has 2 aromatic rings. The largest absolute Gasteiger partial charge is 0.315 e. The number of hydrogen-bond donors (Lipinski definition) is 0. The van der Waals surface area contributed by atoms with Crippen LogP contribution in [0.15, 0.2) is 24.4 Å². The van der Waals surface area contributed by atoms with Crippen molar-refractivity contribution in [1.82, 2.24) is 4.40 Å². The van der Waals surface area contributed by atoms with Crippen LogP contribution in [0.1, 0.15) is 11.3 Å². The predicted molar refractivity (Wildman–Crippen MR) is 53.5 cm³/mol. The van der Waals surface area contributed by atoms with Crippen molar-refractivity contribution in [3.8, 4) is 0 Å². The van der Waals surface area contributed by atoms with Gasteiger partial charge in [0.05, 0.1) is 4.92 Å². The van der Waals surface area contributed by atoms with Crippen molar-refractivity contribution in [2.24, 2.45) is 0 Å². The molecule has 0 aliphatic rings. The Balaban J connectivity index is 2.87. The van der Waals surface area contributed by atoms with Crippen LogP contribution in [0.3, 0.4) is 0 Å². The Morgan fingerprint density at radius 1 is 1.36 bits per heavy atom. The van der Waals surface area contributed by atoms with E-state index in [1.54, 1.807) is 12.1 Å². The van der Waals surface area contributed by atoms with Crippen molar-refractivity contribution < 1.29 is 4.92 Å². The van der Waals surface area contributed by atoms with Gasteiger partial charge in [0.1, 0.15) is 5.52 Å². The molecule has 0 N–H and O–H groups in total. The summed E-state index contributed by atoms with van der Waals surface area (Å²) < 4.78 is 1.84. The number of hydrogen-bond acceptors (Lipinski definition) is 2. The Bertz CT molecular complexity index is 514. The summed E-state index contributed by atoms with van der Waals surface area (Å²) in [4.78, 5) is 10.4. The molecule has 2 heterocycles. The number of nitro groups is 1. The van der Waals surface area contributed by atoms with Gasteiger partial charge >= 0.3 is 0 Å². The second-order valence-corrected chi connectivity index (χ2v) is 3.39. The van der Waals surface area contributed by atoms with E-state index in [2.05, 4.69) is 0 Å². The Morgan fingerprint density at radius 2 is 2.07 bits per heavy atom. The third-order valence-electron chi connectivity index (χ3n) is 2.28. The first kappa shape index (κ1) is 8.74. The molecule has 0 aromatic carbocycles. The minimum absolute atomic E-state index is 0.156.